The van der Waals surface area contributed by atoms with Crippen LogP contribution in [0, 0.1) is 0 Å². The zero-order chi connectivity index (χ0) is 30.8. The lowest BCUT2D eigenvalue weighted by molar-refractivity contribution is -0.902. The van der Waals surface area contributed by atoms with Gasteiger partial charge in [-0.1, -0.05) is 6.92 Å². The molecule has 4 nitrogen and oxygen atoms in total. The zero-order valence-corrected chi connectivity index (χ0v) is 22.3. The van der Waals surface area contributed by atoms with Crippen molar-refractivity contribution in [1.29, 1.82) is 0 Å². The SMILES string of the molecule is CCC(c1cc(C(F)(F)F)ccc1OB(Oc1ccc(C(F)(F)F)cc1)Oc1ccc(C(F)(F)F)cc1)[N+](C)(C)C. The van der Waals surface area contributed by atoms with E-state index in [9.17, 15) is 39.5 Å². The van der Waals surface area contributed by atoms with E-state index in [4.69, 9.17) is 14.0 Å². The summed E-state index contributed by atoms with van der Waals surface area (Å²) in [6.45, 7) is 1.77. The van der Waals surface area contributed by atoms with Gasteiger partial charge < -0.3 is 18.4 Å². The Bertz CT molecular complexity index is 1240. The summed E-state index contributed by atoms with van der Waals surface area (Å²) in [5.74, 6) is -0.411. The van der Waals surface area contributed by atoms with Gasteiger partial charge in [-0.05, 0) is 66.7 Å². The highest BCUT2D eigenvalue weighted by molar-refractivity contribution is 6.39. The summed E-state index contributed by atoms with van der Waals surface area (Å²) >= 11 is 0. The molecule has 0 aliphatic carbocycles. The normalized spacial score (nSPS) is 13.5. The lowest BCUT2D eigenvalue weighted by Crippen LogP contribution is -2.40. The monoisotopic (exact) mass is 594 g/mol. The van der Waals surface area contributed by atoms with Crippen LogP contribution >= 0.6 is 0 Å². The molecule has 3 aromatic carbocycles. The summed E-state index contributed by atoms with van der Waals surface area (Å²) in [5.41, 5.74) is -2.73. The highest BCUT2D eigenvalue weighted by Crippen LogP contribution is 2.39. The van der Waals surface area contributed by atoms with Crippen molar-refractivity contribution in [2.45, 2.75) is 37.9 Å². The fraction of sp³-hybridized carbons (Fsp3) is 0.333. The number of benzene rings is 3. The van der Waals surface area contributed by atoms with E-state index in [0.717, 1.165) is 66.7 Å². The topological polar surface area (TPSA) is 27.7 Å². The Morgan fingerprint density at radius 3 is 1.34 bits per heavy atom. The number of alkyl halides is 9. The van der Waals surface area contributed by atoms with Crippen LogP contribution in [0.5, 0.6) is 17.2 Å². The standard InChI is InChI=1S/C27H26BF9NO3/c1-5-23(38(2,3)4)22-16-19(27(35,36)37)10-15-24(22)41-28(39-20-11-6-17(7-12-20)25(29,30)31)40-21-13-8-18(9-14-21)26(32,33)34/h6-16,23H,5H2,1-4H3/q+1. The van der Waals surface area contributed by atoms with Crippen LogP contribution in [-0.4, -0.2) is 32.9 Å². The van der Waals surface area contributed by atoms with Crippen molar-refractivity contribution in [3.05, 3.63) is 89.0 Å². The number of hydrogen-bond donors (Lipinski definition) is 0. The van der Waals surface area contributed by atoms with Gasteiger partial charge in [0.2, 0.25) is 0 Å². The van der Waals surface area contributed by atoms with E-state index in [1.165, 1.54) is 0 Å². The van der Waals surface area contributed by atoms with Crippen molar-refractivity contribution in [3.8, 4) is 17.2 Å². The predicted molar refractivity (Wildman–Crippen MR) is 133 cm³/mol. The van der Waals surface area contributed by atoms with Gasteiger partial charge in [-0.3, -0.25) is 0 Å². The van der Waals surface area contributed by atoms with Gasteiger partial charge >= 0.3 is 25.9 Å². The maximum Gasteiger partial charge on any atom is 0.864 e. The van der Waals surface area contributed by atoms with Gasteiger partial charge in [-0.2, -0.15) is 39.5 Å². The third kappa shape index (κ3) is 8.48. The first kappa shape index (κ1) is 32.0. The molecule has 3 aromatic rings. The summed E-state index contributed by atoms with van der Waals surface area (Å²) in [6, 6.07) is 9.11. The molecule has 1 atom stereocenters. The van der Waals surface area contributed by atoms with Gasteiger partial charge in [0.15, 0.2) is 0 Å². The minimum absolute atomic E-state index is 0.0817. The third-order valence-corrected chi connectivity index (χ3v) is 6.07. The molecule has 0 aliphatic heterocycles. The summed E-state index contributed by atoms with van der Waals surface area (Å²) in [5, 5.41) is 0. The summed E-state index contributed by atoms with van der Waals surface area (Å²) in [7, 11) is 3.50. The molecule has 0 fully saturated rings. The van der Waals surface area contributed by atoms with Crippen LogP contribution in [0.3, 0.4) is 0 Å². The minimum Gasteiger partial charge on any atom is -0.490 e. The quantitative estimate of drug-likeness (QED) is 0.142. The number of rotatable bonds is 9. The maximum atomic E-state index is 13.6. The predicted octanol–water partition coefficient (Wildman–Crippen LogP) is 8.42. The van der Waals surface area contributed by atoms with E-state index < -0.39 is 48.6 Å². The van der Waals surface area contributed by atoms with Crippen LogP contribution in [0.2, 0.25) is 0 Å². The highest BCUT2D eigenvalue weighted by atomic mass is 19.4. The van der Waals surface area contributed by atoms with E-state index in [2.05, 4.69) is 0 Å². The van der Waals surface area contributed by atoms with Crippen molar-refractivity contribution >= 4 is 7.32 Å². The molecule has 0 spiro atoms. The molecule has 0 saturated heterocycles. The van der Waals surface area contributed by atoms with Crippen LogP contribution in [-0.2, 0) is 18.5 Å². The molecule has 0 radical (unpaired) electrons. The molecule has 14 heteroatoms. The molecule has 41 heavy (non-hydrogen) atoms. The van der Waals surface area contributed by atoms with E-state index in [1.807, 2.05) is 0 Å². The largest absolute Gasteiger partial charge is 0.864 e. The molecule has 0 amide bonds. The lowest BCUT2D eigenvalue weighted by atomic mass is 9.97. The molecule has 0 bridgehead atoms. The Kier molecular flexibility index (Phi) is 9.16. The van der Waals surface area contributed by atoms with Crippen LogP contribution < -0.4 is 14.0 Å². The van der Waals surface area contributed by atoms with E-state index in [0.29, 0.717) is 6.42 Å². The first-order valence-corrected chi connectivity index (χ1v) is 12.2. The Labute approximate surface area is 231 Å². The molecule has 0 aromatic heterocycles. The van der Waals surface area contributed by atoms with Gasteiger partial charge in [0, 0.05) is 6.42 Å². The Balaban J connectivity index is 2.03. The van der Waals surface area contributed by atoms with Gasteiger partial charge in [0.1, 0.15) is 23.3 Å². The number of halogens is 9. The summed E-state index contributed by atoms with van der Waals surface area (Å²) in [6.07, 6.45) is -13.5. The fourth-order valence-electron chi connectivity index (χ4n) is 4.12. The first-order chi connectivity index (χ1) is 18.8. The number of nitrogens with zero attached hydrogens (tertiary/aromatic N) is 1. The average molecular weight is 594 g/mol. The molecule has 0 aliphatic rings. The maximum absolute atomic E-state index is 13.6. The zero-order valence-electron chi connectivity index (χ0n) is 22.3. The van der Waals surface area contributed by atoms with Crippen LogP contribution in [0.15, 0.2) is 66.7 Å². The Hall–Kier alpha value is -3.55. The van der Waals surface area contributed by atoms with Crippen molar-refractivity contribution in [1.82, 2.24) is 0 Å². The molecular weight excluding hydrogens is 568 g/mol. The molecule has 0 saturated carbocycles. The Morgan fingerprint density at radius 1 is 0.610 bits per heavy atom. The first-order valence-electron chi connectivity index (χ1n) is 12.2. The second-order valence-electron chi connectivity index (χ2n) is 9.98. The molecule has 0 N–H and O–H groups in total. The van der Waals surface area contributed by atoms with Crippen LogP contribution in [0.1, 0.15) is 41.6 Å². The molecule has 1 unspecified atom stereocenters. The van der Waals surface area contributed by atoms with Crippen molar-refractivity contribution in [3.63, 3.8) is 0 Å². The summed E-state index contributed by atoms with van der Waals surface area (Å²) in [4.78, 5) is 0. The molecule has 3 rings (SSSR count). The van der Waals surface area contributed by atoms with Crippen LogP contribution in [0.4, 0.5) is 39.5 Å². The number of quaternary nitrogens is 1. The smallest absolute Gasteiger partial charge is 0.490 e. The molecule has 0 heterocycles. The van der Waals surface area contributed by atoms with Crippen molar-refractivity contribution in [2.75, 3.05) is 21.1 Å². The van der Waals surface area contributed by atoms with Gasteiger partial charge in [0.05, 0.1) is 43.4 Å². The van der Waals surface area contributed by atoms with E-state index >= 15 is 0 Å². The second-order valence-corrected chi connectivity index (χ2v) is 9.98. The van der Waals surface area contributed by atoms with E-state index in [1.54, 1.807) is 28.1 Å². The van der Waals surface area contributed by atoms with Gasteiger partial charge in [0.25, 0.3) is 0 Å². The average Bonchev–Trinajstić information content (AvgIpc) is 2.83. The van der Waals surface area contributed by atoms with Crippen molar-refractivity contribution < 1.29 is 58.0 Å². The lowest BCUT2D eigenvalue weighted by Gasteiger charge is -2.35. The molecule has 222 valence electrons. The van der Waals surface area contributed by atoms with Crippen molar-refractivity contribution in [2.24, 2.45) is 0 Å². The third-order valence-electron chi connectivity index (χ3n) is 6.07. The molecular formula is C27H26BF9NO3+. The van der Waals surface area contributed by atoms with Crippen LogP contribution in [0.25, 0.3) is 0 Å². The highest BCUT2D eigenvalue weighted by Gasteiger charge is 2.38. The van der Waals surface area contributed by atoms with Gasteiger partial charge in [-0.25, -0.2) is 0 Å². The fourth-order valence-corrected chi connectivity index (χ4v) is 4.12. The minimum atomic E-state index is -4.66. The summed E-state index contributed by atoms with van der Waals surface area (Å²) < 4.78 is 136. The second kappa shape index (κ2) is 11.7. The Morgan fingerprint density at radius 2 is 1.00 bits per heavy atom. The van der Waals surface area contributed by atoms with E-state index in [-0.39, 0.29) is 27.3 Å². The van der Waals surface area contributed by atoms with Gasteiger partial charge in [-0.15, -0.1) is 0 Å². The number of hydrogen-bond acceptors (Lipinski definition) is 3.